The number of hydrogen-bond acceptors (Lipinski definition) is 5. The summed E-state index contributed by atoms with van der Waals surface area (Å²) in [5, 5.41) is 3.56. The summed E-state index contributed by atoms with van der Waals surface area (Å²) < 4.78 is 5.73. The average Bonchev–Trinajstić information content (AvgIpc) is 2.55. The molecule has 8 heteroatoms. The highest BCUT2D eigenvalue weighted by Gasteiger charge is 2.24. The zero-order valence-electron chi connectivity index (χ0n) is 14.4. The Bertz CT molecular complexity index is 802. The largest absolute Gasteiger partial charge is 0.424 e. The van der Waals surface area contributed by atoms with Gasteiger partial charge in [0.15, 0.2) is 0 Å². The maximum atomic E-state index is 11.8. The number of nitrogens with one attached hydrogen (secondary N) is 1. The molecule has 2 aromatic rings. The Morgan fingerprint density at radius 1 is 1.16 bits per heavy atom. The molecular formula is C17H20N4O3Si. The Morgan fingerprint density at radius 2 is 1.88 bits per heavy atom. The van der Waals surface area contributed by atoms with Gasteiger partial charge < -0.3 is 4.74 Å². The van der Waals surface area contributed by atoms with Crippen LogP contribution in [-0.2, 0) is 4.79 Å². The first kappa shape index (κ1) is 17.1. The van der Waals surface area contributed by atoms with Gasteiger partial charge in [-0.2, -0.15) is 0 Å². The summed E-state index contributed by atoms with van der Waals surface area (Å²) in [5.74, 6) is 0.415. The predicted molar refractivity (Wildman–Crippen MR) is 97.0 cm³/mol. The smallest absolute Gasteiger partial charge is 0.328 e. The van der Waals surface area contributed by atoms with Gasteiger partial charge in [-0.25, -0.2) is 14.8 Å². The van der Waals surface area contributed by atoms with Gasteiger partial charge in [-0.1, -0.05) is 37.0 Å². The number of anilines is 1. The number of imide groups is 1. The van der Waals surface area contributed by atoms with E-state index in [-0.39, 0.29) is 18.3 Å². The number of amides is 3. The van der Waals surface area contributed by atoms with Crippen LogP contribution in [0.1, 0.15) is 6.42 Å². The van der Waals surface area contributed by atoms with Gasteiger partial charge in [-0.3, -0.25) is 15.0 Å². The van der Waals surface area contributed by atoms with E-state index in [0.717, 1.165) is 0 Å². The van der Waals surface area contributed by atoms with Gasteiger partial charge in [-0.15, -0.1) is 0 Å². The molecule has 0 radical (unpaired) electrons. The summed E-state index contributed by atoms with van der Waals surface area (Å²) in [6.07, 6.45) is 3.29. The van der Waals surface area contributed by atoms with Gasteiger partial charge >= 0.3 is 12.0 Å². The highest BCUT2D eigenvalue weighted by Crippen LogP contribution is 2.20. The highest BCUT2D eigenvalue weighted by atomic mass is 28.3. The van der Waals surface area contributed by atoms with E-state index >= 15 is 0 Å². The third-order valence-electron chi connectivity index (χ3n) is 3.89. The summed E-state index contributed by atoms with van der Waals surface area (Å²) >= 11 is 0. The van der Waals surface area contributed by atoms with Crippen LogP contribution in [0.4, 0.5) is 10.5 Å². The summed E-state index contributed by atoms with van der Waals surface area (Å²) in [6, 6.07) is 7.71. The number of benzene rings is 1. The highest BCUT2D eigenvalue weighted by molar-refractivity contribution is 6.88. The van der Waals surface area contributed by atoms with E-state index in [9.17, 15) is 9.59 Å². The number of carbonyl (C=O) groups excluding carboxylic acids is 2. The molecule has 3 rings (SSSR count). The lowest BCUT2D eigenvalue weighted by Gasteiger charge is -2.25. The molecule has 1 aromatic carbocycles. The Morgan fingerprint density at radius 3 is 2.52 bits per heavy atom. The first-order valence-corrected chi connectivity index (χ1v) is 11.5. The molecular weight excluding hydrogens is 336 g/mol. The first-order chi connectivity index (χ1) is 11.8. The van der Waals surface area contributed by atoms with E-state index in [1.165, 1.54) is 22.5 Å². The van der Waals surface area contributed by atoms with Crippen molar-refractivity contribution in [3.05, 3.63) is 36.7 Å². The van der Waals surface area contributed by atoms with Crippen molar-refractivity contribution in [3.8, 4) is 11.8 Å². The van der Waals surface area contributed by atoms with Crippen LogP contribution in [0.5, 0.6) is 11.8 Å². The zero-order chi connectivity index (χ0) is 18.0. The number of ether oxygens (including phenoxy) is 1. The second-order valence-corrected chi connectivity index (χ2v) is 11.9. The molecule has 1 saturated heterocycles. The lowest BCUT2D eigenvalue weighted by Crippen LogP contribution is -2.49. The van der Waals surface area contributed by atoms with E-state index in [2.05, 4.69) is 41.0 Å². The van der Waals surface area contributed by atoms with Crippen LogP contribution < -0.4 is 20.1 Å². The minimum Gasteiger partial charge on any atom is -0.424 e. The molecule has 2 heterocycles. The van der Waals surface area contributed by atoms with Crippen molar-refractivity contribution in [2.75, 3.05) is 11.4 Å². The first-order valence-electron chi connectivity index (χ1n) is 8.05. The zero-order valence-corrected chi connectivity index (χ0v) is 15.4. The van der Waals surface area contributed by atoms with Gasteiger partial charge in [-0.05, 0) is 12.1 Å². The molecule has 1 N–H and O–H groups in total. The number of rotatable bonds is 4. The minimum atomic E-state index is -1.43. The predicted octanol–water partition coefficient (Wildman–Crippen LogP) is 2.26. The van der Waals surface area contributed by atoms with Gasteiger partial charge in [0, 0.05) is 13.0 Å². The number of aromatic nitrogens is 2. The Labute approximate surface area is 147 Å². The Kier molecular flexibility index (Phi) is 4.54. The number of nitrogens with zero attached hydrogens (tertiary/aromatic N) is 3. The molecule has 7 nitrogen and oxygen atoms in total. The summed E-state index contributed by atoms with van der Waals surface area (Å²) in [5.41, 5.74) is 0.521. The molecule has 0 spiro atoms. The summed E-state index contributed by atoms with van der Waals surface area (Å²) in [6.45, 7) is 7.12. The fraction of sp³-hybridized carbons (Fsp3) is 0.294. The Hall–Kier alpha value is -2.74. The van der Waals surface area contributed by atoms with E-state index in [4.69, 9.17) is 4.74 Å². The van der Waals surface area contributed by atoms with Crippen LogP contribution in [0, 0.1) is 0 Å². The second-order valence-electron chi connectivity index (χ2n) is 6.86. The molecule has 1 aliphatic heterocycles. The van der Waals surface area contributed by atoms with Crippen molar-refractivity contribution < 1.29 is 14.3 Å². The van der Waals surface area contributed by atoms with Crippen LogP contribution in [-0.4, -0.2) is 36.5 Å². The molecule has 3 amide bonds. The van der Waals surface area contributed by atoms with E-state index in [1.54, 1.807) is 0 Å². The molecule has 0 unspecified atom stereocenters. The standard InChI is InChI=1S/C17H20N4O3Si/c1-25(2,3)14-6-4-5-13(9-14)24-16-18-10-12(11-19-16)21-8-7-15(22)20-17(21)23/h4-6,9-11H,7-8H2,1-3H3,(H,20,22,23). The molecule has 0 aliphatic carbocycles. The summed E-state index contributed by atoms with van der Waals surface area (Å²) in [7, 11) is -1.43. The normalized spacial score (nSPS) is 15.1. The third-order valence-corrected chi connectivity index (χ3v) is 5.93. The maximum absolute atomic E-state index is 11.8. The quantitative estimate of drug-likeness (QED) is 0.850. The van der Waals surface area contributed by atoms with Gasteiger partial charge in [0.05, 0.1) is 26.2 Å². The maximum Gasteiger partial charge on any atom is 0.328 e. The molecule has 0 atom stereocenters. The third kappa shape index (κ3) is 4.02. The van der Waals surface area contributed by atoms with Gasteiger partial charge in [0.25, 0.3) is 0 Å². The van der Waals surface area contributed by atoms with E-state index in [0.29, 0.717) is 18.0 Å². The monoisotopic (exact) mass is 356 g/mol. The lowest BCUT2D eigenvalue weighted by atomic mass is 10.3. The van der Waals surface area contributed by atoms with Crippen molar-refractivity contribution in [2.45, 2.75) is 26.1 Å². The topological polar surface area (TPSA) is 84.4 Å². The van der Waals surface area contributed by atoms with E-state index in [1.807, 2.05) is 18.2 Å². The Balaban J connectivity index is 1.73. The molecule has 1 fully saturated rings. The summed E-state index contributed by atoms with van der Waals surface area (Å²) in [4.78, 5) is 32.8. The number of urea groups is 1. The van der Waals surface area contributed by atoms with Gasteiger partial charge in [0.2, 0.25) is 5.91 Å². The van der Waals surface area contributed by atoms with Crippen molar-refractivity contribution >= 4 is 30.9 Å². The van der Waals surface area contributed by atoms with Crippen LogP contribution in [0.2, 0.25) is 19.6 Å². The second kappa shape index (κ2) is 6.64. The minimum absolute atomic E-state index is 0.213. The fourth-order valence-electron chi connectivity index (χ4n) is 2.44. The van der Waals surface area contributed by atoms with Crippen LogP contribution in [0.15, 0.2) is 36.7 Å². The van der Waals surface area contributed by atoms with Crippen molar-refractivity contribution in [1.82, 2.24) is 15.3 Å². The molecule has 0 saturated carbocycles. The number of hydrogen-bond donors (Lipinski definition) is 1. The van der Waals surface area contributed by atoms with E-state index < -0.39 is 14.1 Å². The fourth-order valence-corrected chi connectivity index (χ4v) is 3.61. The lowest BCUT2D eigenvalue weighted by molar-refractivity contribution is -0.120. The van der Waals surface area contributed by atoms with Crippen LogP contribution >= 0.6 is 0 Å². The van der Waals surface area contributed by atoms with Crippen LogP contribution in [0.25, 0.3) is 0 Å². The average molecular weight is 356 g/mol. The van der Waals surface area contributed by atoms with Crippen molar-refractivity contribution in [2.24, 2.45) is 0 Å². The van der Waals surface area contributed by atoms with Crippen molar-refractivity contribution in [1.29, 1.82) is 0 Å². The van der Waals surface area contributed by atoms with Crippen molar-refractivity contribution in [3.63, 3.8) is 0 Å². The molecule has 25 heavy (non-hydrogen) atoms. The molecule has 1 aromatic heterocycles. The molecule has 1 aliphatic rings. The van der Waals surface area contributed by atoms with Gasteiger partial charge in [0.1, 0.15) is 5.75 Å². The SMILES string of the molecule is C[Si](C)(C)c1cccc(Oc2ncc(N3CCC(=O)NC3=O)cn2)c1. The molecule has 0 bridgehead atoms. The molecule has 130 valence electrons. The number of carbonyl (C=O) groups is 2. The van der Waals surface area contributed by atoms with Crippen LogP contribution in [0.3, 0.4) is 0 Å².